The first kappa shape index (κ1) is 25.2. The molecule has 1 aliphatic heterocycles. The highest BCUT2D eigenvalue weighted by atomic mass is 35.5. The lowest BCUT2D eigenvalue weighted by atomic mass is 9.94. The zero-order valence-corrected chi connectivity index (χ0v) is 20.9. The molecule has 0 saturated heterocycles. The number of benzene rings is 3. The maximum atomic E-state index is 14.4. The Kier molecular flexibility index (Phi) is 6.90. The predicted molar refractivity (Wildman–Crippen MR) is 133 cm³/mol. The van der Waals surface area contributed by atoms with Crippen LogP contribution in [0.4, 0.5) is 14.5 Å². The van der Waals surface area contributed by atoms with Crippen molar-refractivity contribution in [2.45, 2.75) is 37.3 Å². The molecule has 4 rings (SSSR count). The van der Waals surface area contributed by atoms with Crippen molar-refractivity contribution in [3.63, 3.8) is 0 Å². The van der Waals surface area contributed by atoms with Crippen LogP contribution in [0.3, 0.4) is 0 Å². The minimum absolute atomic E-state index is 0.169. The summed E-state index contributed by atoms with van der Waals surface area (Å²) in [4.78, 5) is -0.169. The number of ether oxygens (including phenoxy) is 1. The van der Waals surface area contributed by atoms with E-state index in [1.165, 1.54) is 19.2 Å². The quantitative estimate of drug-likeness (QED) is 0.440. The topological polar surface area (TPSA) is 66.8 Å². The monoisotopic (exact) mass is 519 g/mol. The van der Waals surface area contributed by atoms with E-state index in [1.54, 1.807) is 44.2 Å². The molecule has 3 aromatic rings. The molecule has 35 heavy (non-hydrogen) atoms. The van der Waals surface area contributed by atoms with Crippen LogP contribution in [0.2, 0.25) is 5.02 Å². The van der Waals surface area contributed by atoms with Crippen LogP contribution in [0, 0.1) is 11.6 Å². The van der Waals surface area contributed by atoms with Crippen molar-refractivity contribution in [1.82, 2.24) is 0 Å². The van der Waals surface area contributed by atoms with E-state index in [-0.39, 0.29) is 27.7 Å². The fourth-order valence-corrected chi connectivity index (χ4v) is 6.32. The molecule has 2 unspecified atom stereocenters. The third-order valence-electron chi connectivity index (χ3n) is 6.12. The second-order valence-corrected chi connectivity index (χ2v) is 10.6. The molecule has 5 nitrogen and oxygen atoms in total. The predicted octanol–water partition coefficient (Wildman–Crippen LogP) is 5.69. The van der Waals surface area contributed by atoms with Crippen molar-refractivity contribution in [1.29, 1.82) is 0 Å². The first-order chi connectivity index (χ1) is 16.5. The summed E-state index contributed by atoms with van der Waals surface area (Å²) in [6, 6.07) is 12.1. The van der Waals surface area contributed by atoms with Gasteiger partial charge in [-0.3, -0.25) is 4.31 Å². The van der Waals surface area contributed by atoms with Gasteiger partial charge in [-0.25, -0.2) is 17.2 Å². The molecular weight excluding hydrogens is 496 g/mol. The summed E-state index contributed by atoms with van der Waals surface area (Å²) in [6.45, 7) is 3.33. The fraction of sp³-hybridized carbons (Fsp3) is 0.231. The third kappa shape index (κ3) is 4.66. The van der Waals surface area contributed by atoms with Gasteiger partial charge in [0, 0.05) is 18.1 Å². The summed E-state index contributed by atoms with van der Waals surface area (Å²) in [6.07, 6.45) is 1.03. The molecule has 0 aromatic heterocycles. The molecule has 0 fully saturated rings. The molecule has 2 atom stereocenters. The average molecular weight is 520 g/mol. The van der Waals surface area contributed by atoms with Crippen LogP contribution in [-0.2, 0) is 16.4 Å². The molecular formula is C26H24ClF2NO4S. The van der Waals surface area contributed by atoms with Gasteiger partial charge in [-0.05, 0) is 60.9 Å². The van der Waals surface area contributed by atoms with Gasteiger partial charge in [-0.1, -0.05) is 35.9 Å². The molecule has 0 radical (unpaired) electrons. The number of halogens is 3. The van der Waals surface area contributed by atoms with Gasteiger partial charge in [0.05, 0.1) is 34.9 Å². The number of allylic oxidation sites excluding steroid dienone is 1. The van der Waals surface area contributed by atoms with E-state index in [9.17, 15) is 22.3 Å². The molecule has 0 bridgehead atoms. The minimum Gasteiger partial charge on any atom is -0.494 e. The number of hydrogen-bond donors (Lipinski definition) is 1. The molecule has 0 spiro atoms. The first-order valence-electron chi connectivity index (χ1n) is 10.9. The molecule has 0 aliphatic carbocycles. The van der Waals surface area contributed by atoms with Gasteiger partial charge >= 0.3 is 0 Å². The third-order valence-corrected chi connectivity index (χ3v) is 8.33. The molecule has 1 N–H and O–H groups in total. The summed E-state index contributed by atoms with van der Waals surface area (Å²) in [5, 5.41) is 10.9. The van der Waals surface area contributed by atoms with Crippen molar-refractivity contribution < 1.29 is 27.0 Å². The normalized spacial score (nSPS) is 18.4. The van der Waals surface area contributed by atoms with Gasteiger partial charge in [0.25, 0.3) is 10.0 Å². The number of aliphatic hydroxyl groups is 1. The van der Waals surface area contributed by atoms with Crippen LogP contribution in [-0.4, -0.2) is 32.8 Å². The molecule has 3 aromatic carbocycles. The lowest BCUT2D eigenvalue weighted by molar-refractivity contribution is 0.147. The van der Waals surface area contributed by atoms with Crippen LogP contribution in [0.1, 0.15) is 30.5 Å². The molecule has 1 heterocycles. The van der Waals surface area contributed by atoms with Crippen molar-refractivity contribution in [2.24, 2.45) is 0 Å². The van der Waals surface area contributed by atoms with Crippen LogP contribution < -0.4 is 9.04 Å². The molecule has 0 saturated carbocycles. The number of sulfonamides is 1. The van der Waals surface area contributed by atoms with Crippen LogP contribution in [0.5, 0.6) is 5.75 Å². The summed E-state index contributed by atoms with van der Waals surface area (Å²) in [5.74, 6) is -1.35. The smallest absolute Gasteiger partial charge is 0.264 e. The van der Waals surface area contributed by atoms with E-state index in [0.29, 0.717) is 22.4 Å². The molecule has 0 amide bonds. The Labute approximate surface area is 208 Å². The number of aliphatic hydroxyl groups excluding tert-OH is 1. The highest BCUT2D eigenvalue weighted by molar-refractivity contribution is 7.92. The largest absolute Gasteiger partial charge is 0.494 e. The van der Waals surface area contributed by atoms with E-state index < -0.39 is 33.8 Å². The Bertz CT molecular complexity index is 1400. The van der Waals surface area contributed by atoms with E-state index in [1.807, 2.05) is 0 Å². The van der Waals surface area contributed by atoms with Crippen LogP contribution >= 0.6 is 11.6 Å². The van der Waals surface area contributed by atoms with E-state index >= 15 is 0 Å². The van der Waals surface area contributed by atoms with Gasteiger partial charge in [0.2, 0.25) is 0 Å². The van der Waals surface area contributed by atoms with Gasteiger partial charge in [0.15, 0.2) is 11.6 Å². The molecule has 1 aliphatic rings. The molecule has 9 heteroatoms. The highest BCUT2D eigenvalue weighted by Gasteiger charge is 2.38. The maximum Gasteiger partial charge on any atom is 0.264 e. The Morgan fingerprint density at radius 3 is 2.57 bits per heavy atom. The van der Waals surface area contributed by atoms with Gasteiger partial charge in [-0.2, -0.15) is 0 Å². The van der Waals surface area contributed by atoms with Gasteiger partial charge < -0.3 is 9.84 Å². The SMILES string of the molecule is COc1cc(S(=O)(=O)N2c3cc(C=C(C)c4c(F)cccc4Cl)ccc3CC(O)C2C)ccc1F. The fourth-order valence-electron chi connectivity index (χ4n) is 4.28. The highest BCUT2D eigenvalue weighted by Crippen LogP contribution is 2.38. The first-order valence-corrected chi connectivity index (χ1v) is 12.7. The number of nitrogens with zero attached hydrogens (tertiary/aromatic N) is 1. The van der Waals surface area contributed by atoms with Gasteiger partial charge in [0.1, 0.15) is 5.82 Å². The lowest BCUT2D eigenvalue weighted by Crippen LogP contribution is -2.49. The van der Waals surface area contributed by atoms with Crippen molar-refractivity contribution >= 4 is 39.0 Å². The zero-order chi connectivity index (χ0) is 25.5. The Morgan fingerprint density at radius 1 is 1.14 bits per heavy atom. The number of anilines is 1. The average Bonchev–Trinajstić information content (AvgIpc) is 2.80. The second kappa shape index (κ2) is 9.60. The zero-order valence-electron chi connectivity index (χ0n) is 19.3. The van der Waals surface area contributed by atoms with Crippen LogP contribution in [0.15, 0.2) is 59.5 Å². The van der Waals surface area contributed by atoms with E-state index in [2.05, 4.69) is 0 Å². The summed E-state index contributed by atoms with van der Waals surface area (Å²) in [7, 11) is -2.94. The molecule has 184 valence electrons. The Hall–Kier alpha value is -2.94. The van der Waals surface area contributed by atoms with E-state index in [4.69, 9.17) is 16.3 Å². The second-order valence-electron chi connectivity index (χ2n) is 8.42. The Balaban J connectivity index is 1.83. The van der Waals surface area contributed by atoms with Gasteiger partial charge in [-0.15, -0.1) is 0 Å². The number of fused-ring (bicyclic) bond motifs is 1. The van der Waals surface area contributed by atoms with Crippen LogP contribution in [0.25, 0.3) is 11.6 Å². The minimum atomic E-state index is -4.19. The number of methoxy groups -OCH3 is 1. The summed E-state index contributed by atoms with van der Waals surface area (Å²) in [5.41, 5.74) is 2.47. The Morgan fingerprint density at radius 2 is 1.89 bits per heavy atom. The number of rotatable bonds is 5. The standard InChI is InChI=1S/C26H24ClF2NO4S/c1-15(26-20(27)5-4-6-22(26)29)11-17-7-8-18-13-24(31)16(2)30(23(18)12-17)35(32,33)19-9-10-21(28)25(14-19)34-3/h4-12,14,16,24,31H,13H2,1-3H3. The number of hydrogen-bond acceptors (Lipinski definition) is 4. The van der Waals surface area contributed by atoms with E-state index in [0.717, 1.165) is 22.5 Å². The van der Waals surface area contributed by atoms with Crippen molar-refractivity contribution in [2.75, 3.05) is 11.4 Å². The summed E-state index contributed by atoms with van der Waals surface area (Å²) >= 11 is 6.19. The summed E-state index contributed by atoms with van der Waals surface area (Å²) < 4.78 is 61.8. The maximum absolute atomic E-state index is 14.4. The van der Waals surface area contributed by atoms with Crippen molar-refractivity contribution in [3.8, 4) is 5.75 Å². The lowest BCUT2D eigenvalue weighted by Gasteiger charge is -2.39. The van der Waals surface area contributed by atoms with Crippen molar-refractivity contribution in [3.05, 3.63) is 87.9 Å².